The molecule has 2 aromatic carbocycles. The van der Waals surface area contributed by atoms with E-state index >= 15 is 0 Å². The van der Waals surface area contributed by atoms with Gasteiger partial charge in [-0.2, -0.15) is 0 Å². The minimum Gasteiger partial charge on any atom is -0.340 e. The highest BCUT2D eigenvalue weighted by Crippen LogP contribution is 2.24. The van der Waals surface area contributed by atoms with Crippen LogP contribution in [0.1, 0.15) is 18.5 Å². The van der Waals surface area contributed by atoms with Gasteiger partial charge in [0.15, 0.2) is 0 Å². The van der Waals surface area contributed by atoms with Crippen molar-refractivity contribution in [2.75, 3.05) is 31.1 Å². The minimum absolute atomic E-state index is 0.166. The summed E-state index contributed by atoms with van der Waals surface area (Å²) in [4.78, 5) is 12.8. The van der Waals surface area contributed by atoms with Gasteiger partial charge in [-0.3, -0.25) is 4.90 Å². The molecule has 1 aliphatic heterocycles. The topological polar surface area (TPSA) is 35.2 Å². The third-order valence-electron chi connectivity index (χ3n) is 4.87. The first-order valence-electron chi connectivity index (χ1n) is 8.40. The van der Waals surface area contributed by atoms with E-state index in [9.17, 15) is 4.39 Å². The van der Waals surface area contributed by atoms with Crippen LogP contribution in [0.3, 0.4) is 0 Å². The number of anilines is 1. The van der Waals surface area contributed by atoms with E-state index in [1.807, 2.05) is 30.3 Å². The van der Waals surface area contributed by atoms with Gasteiger partial charge in [0.2, 0.25) is 5.95 Å². The molecule has 1 aliphatic rings. The zero-order chi connectivity index (χ0) is 16.5. The quantitative estimate of drug-likeness (QED) is 0.800. The second-order valence-corrected chi connectivity index (χ2v) is 6.33. The Morgan fingerprint density at radius 1 is 1.04 bits per heavy atom. The zero-order valence-electron chi connectivity index (χ0n) is 13.7. The van der Waals surface area contributed by atoms with E-state index in [4.69, 9.17) is 0 Å². The van der Waals surface area contributed by atoms with Crippen molar-refractivity contribution < 1.29 is 4.39 Å². The first-order chi connectivity index (χ1) is 11.7. The van der Waals surface area contributed by atoms with Crippen molar-refractivity contribution in [3.05, 3.63) is 59.9 Å². The molecule has 0 spiro atoms. The van der Waals surface area contributed by atoms with Crippen LogP contribution in [-0.4, -0.2) is 41.0 Å². The number of hydrogen-bond acceptors (Lipinski definition) is 3. The van der Waals surface area contributed by atoms with E-state index in [1.165, 1.54) is 6.07 Å². The minimum atomic E-state index is -0.166. The molecule has 0 bridgehead atoms. The molecule has 1 aromatic heterocycles. The molecule has 4 nitrogen and oxygen atoms in total. The van der Waals surface area contributed by atoms with E-state index in [2.05, 4.69) is 26.7 Å². The number of nitrogens with one attached hydrogen (secondary N) is 1. The highest BCUT2D eigenvalue weighted by molar-refractivity contribution is 5.77. The number of nitrogens with zero attached hydrogens (tertiary/aromatic N) is 3. The number of fused-ring (bicyclic) bond motifs is 1. The Morgan fingerprint density at radius 3 is 2.58 bits per heavy atom. The summed E-state index contributed by atoms with van der Waals surface area (Å²) >= 11 is 0. The van der Waals surface area contributed by atoms with Gasteiger partial charge < -0.3 is 9.88 Å². The number of aromatic amines is 1. The van der Waals surface area contributed by atoms with Crippen LogP contribution in [-0.2, 0) is 0 Å². The summed E-state index contributed by atoms with van der Waals surface area (Å²) in [6, 6.07) is 15.2. The molecular formula is C19H21FN4. The van der Waals surface area contributed by atoms with Crippen LogP contribution in [0.25, 0.3) is 11.0 Å². The Bertz CT molecular complexity index is 803. The molecule has 0 saturated carbocycles. The number of hydrogen-bond donors (Lipinski definition) is 1. The second kappa shape index (κ2) is 6.24. The van der Waals surface area contributed by atoms with Crippen molar-refractivity contribution in [3.63, 3.8) is 0 Å². The van der Waals surface area contributed by atoms with Gasteiger partial charge in [0, 0.05) is 32.2 Å². The summed E-state index contributed by atoms with van der Waals surface area (Å²) in [5.41, 5.74) is 3.11. The number of rotatable bonds is 3. The van der Waals surface area contributed by atoms with E-state index in [1.54, 1.807) is 12.1 Å². The maximum atomic E-state index is 13.4. The Balaban J connectivity index is 1.44. The molecule has 124 valence electrons. The van der Waals surface area contributed by atoms with Gasteiger partial charge in [-0.25, -0.2) is 9.37 Å². The smallest absolute Gasteiger partial charge is 0.203 e. The third kappa shape index (κ3) is 2.87. The molecule has 3 aromatic rings. The second-order valence-electron chi connectivity index (χ2n) is 6.33. The van der Waals surface area contributed by atoms with Crippen molar-refractivity contribution in [1.29, 1.82) is 0 Å². The molecule has 0 aliphatic carbocycles. The zero-order valence-corrected chi connectivity index (χ0v) is 13.7. The predicted molar refractivity (Wildman–Crippen MR) is 94.7 cm³/mol. The summed E-state index contributed by atoms with van der Waals surface area (Å²) < 4.78 is 13.4. The van der Waals surface area contributed by atoms with Crippen LogP contribution in [0.4, 0.5) is 10.3 Å². The largest absolute Gasteiger partial charge is 0.340 e. The molecule has 0 amide bonds. The van der Waals surface area contributed by atoms with Crippen molar-refractivity contribution in [3.8, 4) is 0 Å². The monoisotopic (exact) mass is 324 g/mol. The fourth-order valence-electron chi connectivity index (χ4n) is 3.39. The van der Waals surface area contributed by atoms with Gasteiger partial charge in [0.1, 0.15) is 5.82 Å². The fraction of sp³-hybridized carbons (Fsp3) is 0.316. The van der Waals surface area contributed by atoms with E-state index < -0.39 is 0 Å². The lowest BCUT2D eigenvalue weighted by Gasteiger charge is -2.38. The molecule has 1 saturated heterocycles. The van der Waals surface area contributed by atoms with Gasteiger partial charge in [-0.1, -0.05) is 24.3 Å². The first kappa shape index (κ1) is 15.1. The number of piperazine rings is 1. The fourth-order valence-corrected chi connectivity index (χ4v) is 3.39. The Kier molecular flexibility index (Phi) is 3.94. The van der Waals surface area contributed by atoms with Crippen molar-refractivity contribution in [1.82, 2.24) is 14.9 Å². The number of para-hydroxylation sites is 2. The molecule has 1 atom stereocenters. The number of benzene rings is 2. The molecule has 1 fully saturated rings. The van der Waals surface area contributed by atoms with Gasteiger partial charge in [-0.15, -0.1) is 0 Å². The normalized spacial score (nSPS) is 17.3. The average Bonchev–Trinajstić information content (AvgIpc) is 3.05. The third-order valence-corrected chi connectivity index (χ3v) is 4.87. The molecule has 2 heterocycles. The first-order valence-corrected chi connectivity index (χ1v) is 8.40. The summed E-state index contributed by atoms with van der Waals surface area (Å²) in [5, 5.41) is 0. The molecule has 5 heteroatoms. The molecule has 24 heavy (non-hydrogen) atoms. The molecule has 0 radical (unpaired) electrons. The average molecular weight is 324 g/mol. The van der Waals surface area contributed by atoms with E-state index in [-0.39, 0.29) is 11.9 Å². The Morgan fingerprint density at radius 2 is 1.83 bits per heavy atom. The lowest BCUT2D eigenvalue weighted by Crippen LogP contribution is -2.47. The maximum Gasteiger partial charge on any atom is 0.203 e. The molecule has 4 rings (SSSR count). The number of halogens is 1. The summed E-state index contributed by atoms with van der Waals surface area (Å²) in [6.45, 7) is 5.86. The van der Waals surface area contributed by atoms with Crippen molar-refractivity contribution >= 4 is 17.0 Å². The maximum absolute atomic E-state index is 13.4. The predicted octanol–water partition coefficient (Wildman–Crippen LogP) is 3.59. The Hall–Kier alpha value is -2.40. The highest BCUT2D eigenvalue weighted by atomic mass is 19.1. The van der Waals surface area contributed by atoms with Gasteiger partial charge in [0.25, 0.3) is 0 Å². The summed E-state index contributed by atoms with van der Waals surface area (Å²) in [7, 11) is 0. The van der Waals surface area contributed by atoms with E-state index in [0.717, 1.165) is 48.7 Å². The highest BCUT2D eigenvalue weighted by Gasteiger charge is 2.23. The van der Waals surface area contributed by atoms with Gasteiger partial charge >= 0.3 is 0 Å². The number of aromatic nitrogens is 2. The Labute approximate surface area is 140 Å². The SMILES string of the molecule is CC(c1cccc(F)c1)N1CCN(c2nc3ccccc3[nH]2)CC1. The number of H-pyrrole nitrogens is 1. The van der Waals surface area contributed by atoms with Gasteiger partial charge in [-0.05, 0) is 36.8 Å². The van der Waals surface area contributed by atoms with Crippen LogP contribution in [0, 0.1) is 5.82 Å². The standard InChI is InChI=1S/C19H21FN4/c1-14(15-5-4-6-16(20)13-15)23-9-11-24(12-10-23)19-21-17-7-2-3-8-18(17)22-19/h2-8,13-14H,9-12H2,1H3,(H,21,22). The lowest BCUT2D eigenvalue weighted by atomic mass is 10.1. The van der Waals surface area contributed by atoms with Crippen LogP contribution < -0.4 is 4.90 Å². The number of imidazole rings is 1. The van der Waals surface area contributed by atoms with Gasteiger partial charge in [0.05, 0.1) is 11.0 Å². The molecule has 1 unspecified atom stereocenters. The van der Waals surface area contributed by atoms with Crippen LogP contribution in [0.5, 0.6) is 0 Å². The lowest BCUT2D eigenvalue weighted by molar-refractivity contribution is 0.197. The van der Waals surface area contributed by atoms with Crippen molar-refractivity contribution in [2.45, 2.75) is 13.0 Å². The van der Waals surface area contributed by atoms with Crippen LogP contribution >= 0.6 is 0 Å². The summed E-state index contributed by atoms with van der Waals surface area (Å²) in [6.07, 6.45) is 0. The molecule has 1 N–H and O–H groups in total. The van der Waals surface area contributed by atoms with Crippen LogP contribution in [0.2, 0.25) is 0 Å². The summed E-state index contributed by atoms with van der Waals surface area (Å²) in [5.74, 6) is 0.773. The van der Waals surface area contributed by atoms with Crippen LogP contribution in [0.15, 0.2) is 48.5 Å². The van der Waals surface area contributed by atoms with Crippen molar-refractivity contribution in [2.24, 2.45) is 0 Å². The molecular weight excluding hydrogens is 303 g/mol. The van der Waals surface area contributed by atoms with E-state index in [0.29, 0.717) is 0 Å².